The number of aliphatic hydroxyl groups excluding tert-OH is 1. The molecule has 1 aromatic rings. The summed E-state index contributed by atoms with van der Waals surface area (Å²) in [6, 6.07) is 2.25. The normalized spacial score (nSPS) is 11.2. The highest BCUT2D eigenvalue weighted by atomic mass is 16.3. The molecule has 0 atom stereocenters. The zero-order chi connectivity index (χ0) is 12.3. The first-order chi connectivity index (χ1) is 7.47. The van der Waals surface area contributed by atoms with Crippen LogP contribution in [-0.2, 0) is 6.42 Å². The molecule has 0 radical (unpaired) electrons. The fraction of sp³-hybridized carbons (Fsp3) is 0.571. The van der Waals surface area contributed by atoms with Gasteiger partial charge in [0.15, 0.2) is 0 Å². The van der Waals surface area contributed by atoms with Crippen LogP contribution in [-0.4, -0.2) is 30.3 Å². The Morgan fingerprint density at radius 3 is 2.00 bits per heavy atom. The average Bonchev–Trinajstić information content (AvgIpc) is 2.26. The minimum atomic E-state index is 0.128. The molecule has 0 heterocycles. The van der Waals surface area contributed by atoms with Crippen molar-refractivity contribution in [3.8, 4) is 0 Å². The van der Waals surface area contributed by atoms with Gasteiger partial charge in [-0.3, -0.25) is 4.90 Å². The summed E-state index contributed by atoms with van der Waals surface area (Å²) in [5.41, 5.74) is 6.97. The van der Waals surface area contributed by atoms with Crippen LogP contribution >= 0.6 is 0 Å². The van der Waals surface area contributed by atoms with E-state index in [-0.39, 0.29) is 6.73 Å². The Bertz CT molecular complexity index is 345. The predicted molar refractivity (Wildman–Crippen MR) is 68.8 cm³/mol. The van der Waals surface area contributed by atoms with E-state index in [1.165, 1.54) is 27.8 Å². The molecule has 0 saturated heterocycles. The lowest BCUT2D eigenvalue weighted by atomic mass is 9.92. The second kappa shape index (κ2) is 5.46. The van der Waals surface area contributed by atoms with Crippen LogP contribution in [0.25, 0.3) is 0 Å². The maximum absolute atomic E-state index is 8.99. The van der Waals surface area contributed by atoms with Crippen molar-refractivity contribution in [2.75, 3.05) is 20.3 Å². The van der Waals surface area contributed by atoms with Crippen LogP contribution in [0.15, 0.2) is 6.07 Å². The third-order valence-corrected chi connectivity index (χ3v) is 3.51. The largest absolute Gasteiger partial charge is 0.381 e. The molecule has 0 aromatic heterocycles. The van der Waals surface area contributed by atoms with Gasteiger partial charge in [0.2, 0.25) is 0 Å². The van der Waals surface area contributed by atoms with Gasteiger partial charge in [0.05, 0.1) is 6.73 Å². The van der Waals surface area contributed by atoms with Gasteiger partial charge in [0, 0.05) is 6.54 Å². The molecule has 0 amide bonds. The molecular formula is C14H23NO. The van der Waals surface area contributed by atoms with E-state index in [0.29, 0.717) is 0 Å². The van der Waals surface area contributed by atoms with E-state index in [0.717, 1.165) is 13.0 Å². The average molecular weight is 221 g/mol. The molecule has 90 valence electrons. The first-order valence-electron chi connectivity index (χ1n) is 5.83. The molecule has 16 heavy (non-hydrogen) atoms. The summed E-state index contributed by atoms with van der Waals surface area (Å²) in [4.78, 5) is 1.93. The van der Waals surface area contributed by atoms with Crippen molar-refractivity contribution in [3.05, 3.63) is 33.9 Å². The molecule has 0 fully saturated rings. The van der Waals surface area contributed by atoms with E-state index >= 15 is 0 Å². The zero-order valence-electron chi connectivity index (χ0n) is 11.1. The summed E-state index contributed by atoms with van der Waals surface area (Å²) in [6.07, 6.45) is 1.01. The molecule has 1 rings (SSSR count). The van der Waals surface area contributed by atoms with E-state index in [2.05, 4.69) is 33.8 Å². The van der Waals surface area contributed by atoms with Crippen LogP contribution in [0.3, 0.4) is 0 Å². The maximum Gasteiger partial charge on any atom is 0.0954 e. The Balaban J connectivity index is 2.94. The Morgan fingerprint density at radius 1 is 1.06 bits per heavy atom. The summed E-state index contributed by atoms with van der Waals surface area (Å²) in [6.45, 7) is 9.75. The van der Waals surface area contributed by atoms with Crippen molar-refractivity contribution in [2.45, 2.75) is 34.1 Å². The van der Waals surface area contributed by atoms with E-state index in [4.69, 9.17) is 5.11 Å². The second-order valence-electron chi connectivity index (χ2n) is 4.71. The Morgan fingerprint density at radius 2 is 1.56 bits per heavy atom. The van der Waals surface area contributed by atoms with E-state index in [1.54, 1.807) is 0 Å². The van der Waals surface area contributed by atoms with Gasteiger partial charge in [-0.25, -0.2) is 0 Å². The number of rotatable bonds is 4. The van der Waals surface area contributed by atoms with Crippen LogP contribution in [0.5, 0.6) is 0 Å². The molecule has 2 heteroatoms. The van der Waals surface area contributed by atoms with Crippen molar-refractivity contribution in [2.24, 2.45) is 0 Å². The summed E-state index contributed by atoms with van der Waals surface area (Å²) >= 11 is 0. The summed E-state index contributed by atoms with van der Waals surface area (Å²) < 4.78 is 0. The van der Waals surface area contributed by atoms with Gasteiger partial charge in [-0.15, -0.1) is 0 Å². The van der Waals surface area contributed by atoms with Crippen molar-refractivity contribution in [1.82, 2.24) is 4.90 Å². The van der Waals surface area contributed by atoms with E-state index in [1.807, 2.05) is 11.9 Å². The predicted octanol–water partition coefficient (Wildman–Crippen LogP) is 2.34. The molecule has 0 unspecified atom stereocenters. The second-order valence-corrected chi connectivity index (χ2v) is 4.71. The number of aryl methyl sites for hydroxylation is 2. The number of likely N-dealkylation sites (N-methyl/N-ethyl adjacent to an activating group) is 1. The maximum atomic E-state index is 8.99. The van der Waals surface area contributed by atoms with Crippen LogP contribution in [0.1, 0.15) is 27.8 Å². The molecule has 0 aliphatic heterocycles. The quantitative estimate of drug-likeness (QED) is 0.789. The van der Waals surface area contributed by atoms with Gasteiger partial charge in [-0.2, -0.15) is 0 Å². The highest BCUT2D eigenvalue weighted by Gasteiger charge is 2.08. The lowest BCUT2D eigenvalue weighted by molar-refractivity contribution is 0.134. The van der Waals surface area contributed by atoms with Crippen LogP contribution in [0, 0.1) is 27.7 Å². The third kappa shape index (κ3) is 2.83. The first kappa shape index (κ1) is 13.2. The monoisotopic (exact) mass is 221 g/mol. The standard InChI is InChI=1S/C14H23NO/c1-10-8-11(2)13(4)14(12(10)3)6-7-15(5)9-16/h8,16H,6-7,9H2,1-5H3. The van der Waals surface area contributed by atoms with Gasteiger partial charge < -0.3 is 5.11 Å². The molecule has 1 N–H and O–H groups in total. The van der Waals surface area contributed by atoms with Crippen molar-refractivity contribution >= 4 is 0 Å². The lowest BCUT2D eigenvalue weighted by Gasteiger charge is -2.18. The fourth-order valence-corrected chi connectivity index (χ4v) is 2.05. The lowest BCUT2D eigenvalue weighted by Crippen LogP contribution is -2.22. The van der Waals surface area contributed by atoms with Gasteiger partial charge in [-0.05, 0) is 69.0 Å². The van der Waals surface area contributed by atoms with Crippen LogP contribution in [0.4, 0.5) is 0 Å². The Kier molecular flexibility index (Phi) is 4.51. The summed E-state index contributed by atoms with van der Waals surface area (Å²) in [7, 11) is 1.94. The topological polar surface area (TPSA) is 23.5 Å². The highest BCUT2D eigenvalue weighted by molar-refractivity contribution is 5.44. The van der Waals surface area contributed by atoms with Gasteiger partial charge >= 0.3 is 0 Å². The van der Waals surface area contributed by atoms with Crippen molar-refractivity contribution in [3.63, 3.8) is 0 Å². The smallest absolute Gasteiger partial charge is 0.0954 e. The van der Waals surface area contributed by atoms with E-state index < -0.39 is 0 Å². The number of hydrogen-bond acceptors (Lipinski definition) is 2. The fourth-order valence-electron chi connectivity index (χ4n) is 2.05. The number of benzene rings is 1. The van der Waals surface area contributed by atoms with Crippen molar-refractivity contribution < 1.29 is 5.11 Å². The summed E-state index contributed by atoms with van der Waals surface area (Å²) in [5, 5.41) is 8.99. The van der Waals surface area contributed by atoms with Crippen LogP contribution in [0.2, 0.25) is 0 Å². The molecule has 0 spiro atoms. The molecule has 2 nitrogen and oxygen atoms in total. The Labute approximate surface area is 98.9 Å². The summed E-state index contributed by atoms with van der Waals surface area (Å²) in [5.74, 6) is 0. The van der Waals surface area contributed by atoms with Crippen molar-refractivity contribution in [1.29, 1.82) is 0 Å². The first-order valence-corrected chi connectivity index (χ1v) is 5.83. The molecule has 1 aromatic carbocycles. The number of nitrogens with zero attached hydrogens (tertiary/aromatic N) is 1. The minimum absolute atomic E-state index is 0.128. The molecule has 0 aliphatic carbocycles. The Hall–Kier alpha value is -0.860. The zero-order valence-corrected chi connectivity index (χ0v) is 11.1. The molecule has 0 saturated carbocycles. The molecular weight excluding hydrogens is 198 g/mol. The van der Waals surface area contributed by atoms with Gasteiger partial charge in [0.1, 0.15) is 0 Å². The third-order valence-electron chi connectivity index (χ3n) is 3.51. The molecule has 0 bridgehead atoms. The number of hydrogen-bond donors (Lipinski definition) is 1. The van der Waals surface area contributed by atoms with Gasteiger partial charge in [-0.1, -0.05) is 6.07 Å². The van der Waals surface area contributed by atoms with Crippen LogP contribution < -0.4 is 0 Å². The minimum Gasteiger partial charge on any atom is -0.381 e. The SMILES string of the molecule is Cc1cc(C)c(C)c(CCN(C)CO)c1C. The van der Waals surface area contributed by atoms with E-state index in [9.17, 15) is 0 Å². The highest BCUT2D eigenvalue weighted by Crippen LogP contribution is 2.22. The van der Waals surface area contributed by atoms with Gasteiger partial charge in [0.25, 0.3) is 0 Å². The molecule has 0 aliphatic rings. The number of aliphatic hydroxyl groups is 1.